The van der Waals surface area contributed by atoms with Crippen LogP contribution in [0.25, 0.3) is 11.0 Å². The molecule has 9 nitrogen and oxygen atoms in total. The molecule has 0 unspecified atom stereocenters. The van der Waals surface area contributed by atoms with E-state index in [1.54, 1.807) is 18.3 Å². The van der Waals surface area contributed by atoms with Crippen molar-refractivity contribution in [2.45, 2.75) is 38.6 Å². The van der Waals surface area contributed by atoms with E-state index in [-0.39, 0.29) is 5.91 Å². The van der Waals surface area contributed by atoms with Gasteiger partial charge in [0.1, 0.15) is 17.3 Å². The molecule has 2 aromatic heterocycles. The van der Waals surface area contributed by atoms with Crippen LogP contribution in [0.3, 0.4) is 0 Å². The molecule has 0 bridgehead atoms. The number of hydrogen-bond donors (Lipinski definition) is 2. The topological polar surface area (TPSA) is 93.5 Å². The lowest BCUT2D eigenvalue weighted by Crippen LogP contribution is -2.41. The molecule has 2 fully saturated rings. The number of allylic oxidation sites excluding steroid dienone is 2. The van der Waals surface area contributed by atoms with E-state index >= 15 is 0 Å². The average molecular weight is 501 g/mol. The molecule has 4 heterocycles. The molecule has 1 aromatic carbocycles. The summed E-state index contributed by atoms with van der Waals surface area (Å²) in [6, 6.07) is 9.72. The van der Waals surface area contributed by atoms with E-state index in [0.29, 0.717) is 29.3 Å². The molecule has 0 spiro atoms. The minimum absolute atomic E-state index is 0.177. The first-order valence-corrected chi connectivity index (χ1v) is 12.9. The van der Waals surface area contributed by atoms with Crippen molar-refractivity contribution >= 4 is 28.7 Å². The fraction of sp³-hybridized carbons (Fsp3) is 0.393. The van der Waals surface area contributed by atoms with Crippen molar-refractivity contribution in [2.24, 2.45) is 13.0 Å². The average Bonchev–Trinajstić information content (AvgIpc) is 3.70. The van der Waals surface area contributed by atoms with E-state index in [0.717, 1.165) is 48.9 Å². The Kier molecular flexibility index (Phi) is 6.30. The number of nitrogens with one attached hydrogen (secondary N) is 2. The van der Waals surface area contributed by atoms with Gasteiger partial charge in [-0.2, -0.15) is 0 Å². The third kappa shape index (κ3) is 5.32. The second-order valence-corrected chi connectivity index (χ2v) is 10.0. The van der Waals surface area contributed by atoms with Crippen LogP contribution in [0.1, 0.15) is 32.6 Å². The molecule has 1 saturated heterocycles. The third-order valence-electron chi connectivity index (χ3n) is 7.06. The molecule has 1 atom stereocenters. The zero-order valence-electron chi connectivity index (χ0n) is 21.2. The minimum Gasteiger partial charge on any atom is -0.457 e. The number of hydrogen-bond acceptors (Lipinski definition) is 7. The zero-order valence-corrected chi connectivity index (χ0v) is 21.2. The lowest BCUT2D eigenvalue weighted by atomic mass is 10.0. The summed E-state index contributed by atoms with van der Waals surface area (Å²) in [5.74, 6) is 3.02. The number of imidazole rings is 1. The van der Waals surface area contributed by atoms with Crippen molar-refractivity contribution in [1.82, 2.24) is 19.4 Å². The quantitative estimate of drug-likeness (QED) is 0.481. The molecule has 0 radical (unpaired) electrons. The van der Waals surface area contributed by atoms with E-state index in [1.165, 1.54) is 31.8 Å². The Morgan fingerprint density at radius 3 is 2.81 bits per heavy atom. The maximum atomic E-state index is 11.3. The van der Waals surface area contributed by atoms with Gasteiger partial charge in [-0.25, -0.2) is 9.97 Å². The highest BCUT2D eigenvalue weighted by Gasteiger charge is 2.30. The molecule has 3 aromatic rings. The molecule has 1 aliphatic carbocycles. The molecule has 6 rings (SSSR count). The summed E-state index contributed by atoms with van der Waals surface area (Å²) in [4.78, 5) is 22.8. The summed E-state index contributed by atoms with van der Waals surface area (Å²) in [6.07, 6.45) is 11.1. The number of anilines is 2. The van der Waals surface area contributed by atoms with Gasteiger partial charge in [0.15, 0.2) is 0 Å². The van der Waals surface area contributed by atoms with E-state index < -0.39 is 0 Å². The summed E-state index contributed by atoms with van der Waals surface area (Å²) in [5, 5.41) is 6.29. The predicted octanol–water partition coefficient (Wildman–Crippen LogP) is 4.80. The fourth-order valence-electron chi connectivity index (χ4n) is 5.00. The first-order valence-electron chi connectivity index (χ1n) is 12.9. The maximum Gasteiger partial charge on any atom is 0.222 e. The van der Waals surface area contributed by atoms with Crippen LogP contribution in [0, 0.1) is 5.92 Å². The number of carbonyl (C=O) groups excluding carboxylic acids is 1. The number of benzene rings is 1. The Bertz CT molecular complexity index is 1380. The molecule has 37 heavy (non-hydrogen) atoms. The third-order valence-corrected chi connectivity index (χ3v) is 7.06. The molecule has 9 heteroatoms. The van der Waals surface area contributed by atoms with E-state index in [2.05, 4.69) is 37.4 Å². The van der Waals surface area contributed by atoms with Crippen LogP contribution in [0.15, 0.2) is 60.1 Å². The molecule has 1 saturated carbocycles. The molecule has 2 aliphatic heterocycles. The van der Waals surface area contributed by atoms with Gasteiger partial charge in [-0.05, 0) is 61.4 Å². The summed E-state index contributed by atoms with van der Waals surface area (Å²) < 4.78 is 13.9. The predicted molar refractivity (Wildman–Crippen MR) is 142 cm³/mol. The monoisotopic (exact) mass is 500 g/mol. The first-order chi connectivity index (χ1) is 18.0. The Balaban J connectivity index is 1.21. The summed E-state index contributed by atoms with van der Waals surface area (Å²) in [5.41, 5.74) is 4.41. The van der Waals surface area contributed by atoms with Gasteiger partial charge in [-0.1, -0.05) is 0 Å². The van der Waals surface area contributed by atoms with Crippen molar-refractivity contribution in [2.75, 3.05) is 30.4 Å². The second kappa shape index (κ2) is 9.89. The molecule has 192 valence electrons. The fourth-order valence-corrected chi connectivity index (χ4v) is 5.00. The van der Waals surface area contributed by atoms with Crippen LogP contribution >= 0.6 is 0 Å². The molecular weight excluding hydrogens is 468 g/mol. The number of aryl methyl sites for hydroxylation is 1. The van der Waals surface area contributed by atoms with Crippen molar-refractivity contribution < 1.29 is 14.3 Å². The number of rotatable bonds is 7. The van der Waals surface area contributed by atoms with Gasteiger partial charge in [0.05, 0.1) is 30.2 Å². The molecular formula is C28H32N6O3. The van der Waals surface area contributed by atoms with Gasteiger partial charge in [0, 0.05) is 50.8 Å². The van der Waals surface area contributed by atoms with Gasteiger partial charge >= 0.3 is 0 Å². The Morgan fingerprint density at radius 2 is 2.03 bits per heavy atom. The summed E-state index contributed by atoms with van der Waals surface area (Å²) in [7, 11) is 2.01. The standard InChI is InChI=1S/C28H32N6O3/c1-18(35)30-27-14-24(9-10-29-27)37-23-7-8-25-26(13-23)33(2)28(32-25)31-21-12-20(19-5-6-19)15-34(16-21)22-4-3-11-36-17-22/h7-10,12-15,19,22H,3-6,11,16-17H2,1-2H3,(H,31,32)(H,29,30,35)/t22-/m0/s1. The van der Waals surface area contributed by atoms with Gasteiger partial charge in [0.25, 0.3) is 0 Å². The van der Waals surface area contributed by atoms with E-state index in [4.69, 9.17) is 14.5 Å². The van der Waals surface area contributed by atoms with Crippen molar-refractivity contribution in [3.8, 4) is 11.5 Å². The number of aromatic nitrogens is 3. The lowest BCUT2D eigenvalue weighted by Gasteiger charge is -2.36. The van der Waals surface area contributed by atoms with Gasteiger partial charge < -0.3 is 29.6 Å². The number of carbonyl (C=O) groups is 1. The largest absolute Gasteiger partial charge is 0.457 e. The van der Waals surface area contributed by atoms with Crippen LogP contribution in [-0.2, 0) is 16.6 Å². The van der Waals surface area contributed by atoms with Gasteiger partial charge in [-0.15, -0.1) is 0 Å². The summed E-state index contributed by atoms with van der Waals surface area (Å²) >= 11 is 0. The highest BCUT2D eigenvalue weighted by molar-refractivity contribution is 5.87. The number of amides is 1. The molecule has 2 N–H and O–H groups in total. The maximum absolute atomic E-state index is 11.3. The number of ether oxygens (including phenoxy) is 2. The number of nitrogens with zero attached hydrogens (tertiary/aromatic N) is 4. The SMILES string of the molecule is CC(=O)Nc1cc(Oc2ccc3nc(NC4=CC(C5CC5)=CN([C@H]5CCCOC5)C4)n(C)c3c2)ccn1. The summed E-state index contributed by atoms with van der Waals surface area (Å²) in [6.45, 7) is 3.93. The molecule has 1 amide bonds. The van der Waals surface area contributed by atoms with Crippen LogP contribution in [-0.4, -0.2) is 51.1 Å². The number of pyridine rings is 1. The van der Waals surface area contributed by atoms with Crippen LogP contribution in [0.4, 0.5) is 11.8 Å². The highest BCUT2D eigenvalue weighted by atomic mass is 16.5. The normalized spacial score (nSPS) is 19.8. The van der Waals surface area contributed by atoms with Crippen LogP contribution < -0.4 is 15.4 Å². The lowest BCUT2D eigenvalue weighted by molar-refractivity contribution is -0.114. The Morgan fingerprint density at radius 1 is 1.16 bits per heavy atom. The van der Waals surface area contributed by atoms with E-state index in [1.807, 2.05) is 25.2 Å². The highest BCUT2D eigenvalue weighted by Crippen LogP contribution is 2.40. The Hall–Kier alpha value is -3.85. The Labute approximate surface area is 216 Å². The molecule has 3 aliphatic rings. The van der Waals surface area contributed by atoms with Crippen molar-refractivity contribution in [3.63, 3.8) is 0 Å². The van der Waals surface area contributed by atoms with E-state index in [9.17, 15) is 4.79 Å². The van der Waals surface area contributed by atoms with Crippen molar-refractivity contribution in [1.29, 1.82) is 0 Å². The smallest absolute Gasteiger partial charge is 0.222 e. The second-order valence-electron chi connectivity index (χ2n) is 10.0. The zero-order chi connectivity index (χ0) is 25.4. The van der Waals surface area contributed by atoms with Crippen LogP contribution in [0.5, 0.6) is 11.5 Å². The first kappa shape index (κ1) is 23.5. The van der Waals surface area contributed by atoms with Crippen molar-refractivity contribution in [3.05, 3.63) is 60.1 Å². The minimum atomic E-state index is -0.177. The van der Waals surface area contributed by atoms with Gasteiger partial charge in [-0.3, -0.25) is 4.79 Å². The number of fused-ring (bicyclic) bond motifs is 1. The van der Waals surface area contributed by atoms with Gasteiger partial charge in [0.2, 0.25) is 11.9 Å². The van der Waals surface area contributed by atoms with Crippen LogP contribution in [0.2, 0.25) is 0 Å².